The number of nitrogens with zero attached hydrogens (tertiary/aromatic N) is 2. The van der Waals surface area contributed by atoms with E-state index in [4.69, 9.17) is 17.3 Å². The number of aromatic nitrogens is 1. The average Bonchev–Trinajstić information content (AvgIpc) is 3.23. The van der Waals surface area contributed by atoms with E-state index in [0.29, 0.717) is 16.3 Å². The Morgan fingerprint density at radius 2 is 1.90 bits per heavy atom. The van der Waals surface area contributed by atoms with E-state index in [2.05, 4.69) is 37.0 Å². The fraction of sp³-hybridized carbons (Fsp3) is 0.360. The van der Waals surface area contributed by atoms with Crippen LogP contribution in [-0.4, -0.2) is 4.98 Å². The second-order valence-corrected chi connectivity index (χ2v) is 8.15. The number of hydrogen-bond donors (Lipinski definition) is 1. The van der Waals surface area contributed by atoms with Gasteiger partial charge in [-0.2, -0.15) is 5.26 Å². The van der Waals surface area contributed by atoms with Gasteiger partial charge in [0.15, 0.2) is 0 Å². The van der Waals surface area contributed by atoms with Crippen LogP contribution in [0.1, 0.15) is 73.3 Å². The van der Waals surface area contributed by atoms with Crippen molar-refractivity contribution in [3.8, 4) is 6.07 Å². The van der Waals surface area contributed by atoms with Crippen LogP contribution in [0.4, 0.5) is 5.69 Å². The minimum absolute atomic E-state index is 0.463. The number of benzene rings is 1. The molecule has 1 aromatic heterocycles. The van der Waals surface area contributed by atoms with Gasteiger partial charge in [0.2, 0.25) is 0 Å². The lowest BCUT2D eigenvalue weighted by Gasteiger charge is -2.16. The molecular weight excluding hydrogens is 378 g/mol. The zero-order valence-corrected chi connectivity index (χ0v) is 18.2. The summed E-state index contributed by atoms with van der Waals surface area (Å²) in [4.78, 5) is 4.28. The van der Waals surface area contributed by atoms with Gasteiger partial charge >= 0.3 is 0 Å². The van der Waals surface area contributed by atoms with Crippen molar-refractivity contribution in [2.45, 2.75) is 59.3 Å². The number of nitrogens with two attached hydrogens (primary N) is 1. The first-order chi connectivity index (χ1) is 14.0. The summed E-state index contributed by atoms with van der Waals surface area (Å²) in [5.41, 5.74) is 15.2. The molecule has 0 saturated heterocycles. The van der Waals surface area contributed by atoms with E-state index in [-0.39, 0.29) is 0 Å². The molecule has 0 amide bonds. The molecule has 0 aliphatic heterocycles. The third kappa shape index (κ3) is 4.54. The SMILES string of the molecule is CCC(C/C=C(\c1cc(C#N)c(C)cc1C)c1cncc(N)c1Cl)=C1CCCC1. The van der Waals surface area contributed by atoms with Crippen molar-refractivity contribution in [3.63, 3.8) is 0 Å². The van der Waals surface area contributed by atoms with Crippen LogP contribution in [0, 0.1) is 25.2 Å². The molecule has 1 saturated carbocycles. The van der Waals surface area contributed by atoms with Gasteiger partial charge < -0.3 is 5.73 Å². The van der Waals surface area contributed by atoms with Gasteiger partial charge in [-0.05, 0) is 80.7 Å². The van der Waals surface area contributed by atoms with Crippen LogP contribution in [0.15, 0.2) is 41.7 Å². The molecule has 1 fully saturated rings. The molecule has 3 rings (SSSR count). The van der Waals surface area contributed by atoms with Crippen LogP contribution in [0.3, 0.4) is 0 Å². The lowest BCUT2D eigenvalue weighted by atomic mass is 9.89. The minimum Gasteiger partial charge on any atom is -0.396 e. The number of anilines is 1. The number of halogens is 1. The summed E-state index contributed by atoms with van der Waals surface area (Å²) in [6.45, 7) is 6.27. The fourth-order valence-corrected chi connectivity index (χ4v) is 4.40. The molecule has 0 spiro atoms. The molecule has 0 bridgehead atoms. The highest BCUT2D eigenvalue weighted by Crippen LogP contribution is 2.36. The van der Waals surface area contributed by atoms with Crippen molar-refractivity contribution < 1.29 is 0 Å². The molecule has 29 heavy (non-hydrogen) atoms. The summed E-state index contributed by atoms with van der Waals surface area (Å²) in [6, 6.07) is 6.33. The maximum atomic E-state index is 9.55. The summed E-state index contributed by atoms with van der Waals surface area (Å²) in [5.74, 6) is 0. The molecular formula is C25H28ClN3. The number of pyridine rings is 1. The average molecular weight is 406 g/mol. The maximum Gasteiger partial charge on any atom is 0.0994 e. The van der Waals surface area contributed by atoms with Crippen molar-refractivity contribution in [1.29, 1.82) is 5.26 Å². The number of aryl methyl sites for hydroxylation is 2. The predicted octanol–water partition coefficient (Wildman–Crippen LogP) is 6.91. The molecule has 1 heterocycles. The minimum atomic E-state index is 0.463. The normalized spacial score (nSPS) is 14.2. The van der Waals surface area contributed by atoms with E-state index in [1.165, 1.54) is 31.3 Å². The zero-order chi connectivity index (χ0) is 21.0. The Balaban J connectivity index is 2.17. The number of nitrogen functional groups attached to an aromatic ring is 1. The molecule has 1 aromatic carbocycles. The van der Waals surface area contributed by atoms with Gasteiger partial charge in [0, 0.05) is 11.8 Å². The summed E-state index contributed by atoms with van der Waals surface area (Å²) in [5, 5.41) is 10.1. The largest absolute Gasteiger partial charge is 0.396 e. The van der Waals surface area contributed by atoms with Crippen molar-refractivity contribution in [2.24, 2.45) is 0 Å². The van der Waals surface area contributed by atoms with Crippen molar-refractivity contribution in [2.75, 3.05) is 5.73 Å². The lowest BCUT2D eigenvalue weighted by Crippen LogP contribution is -1.99. The van der Waals surface area contributed by atoms with Gasteiger partial charge in [-0.3, -0.25) is 4.98 Å². The van der Waals surface area contributed by atoms with Crippen molar-refractivity contribution in [1.82, 2.24) is 4.98 Å². The number of rotatable bonds is 5. The van der Waals surface area contributed by atoms with Crippen LogP contribution < -0.4 is 5.73 Å². The smallest absolute Gasteiger partial charge is 0.0994 e. The third-order valence-electron chi connectivity index (χ3n) is 5.87. The molecule has 4 heteroatoms. The molecule has 0 atom stereocenters. The highest BCUT2D eigenvalue weighted by Gasteiger charge is 2.17. The standard InChI is InChI=1S/C25H28ClN3/c1-4-18(19-7-5-6-8-19)9-10-21(23-14-29-15-24(28)25(23)26)22-12-20(13-27)16(2)11-17(22)3/h10-12,14-15H,4-9,28H2,1-3H3/b21-10+. The first-order valence-electron chi connectivity index (χ1n) is 10.3. The fourth-order valence-electron chi connectivity index (χ4n) is 4.20. The van der Waals surface area contributed by atoms with Crippen LogP contribution >= 0.6 is 11.6 Å². The summed E-state index contributed by atoms with van der Waals surface area (Å²) >= 11 is 6.59. The van der Waals surface area contributed by atoms with Gasteiger partial charge in [0.25, 0.3) is 0 Å². The van der Waals surface area contributed by atoms with Crippen LogP contribution in [0.25, 0.3) is 5.57 Å². The summed E-state index contributed by atoms with van der Waals surface area (Å²) < 4.78 is 0. The van der Waals surface area contributed by atoms with Crippen molar-refractivity contribution in [3.05, 3.63) is 74.6 Å². The molecule has 1 aliphatic carbocycles. The van der Waals surface area contributed by atoms with Crippen molar-refractivity contribution >= 4 is 22.9 Å². The van der Waals surface area contributed by atoms with Crippen LogP contribution in [-0.2, 0) is 0 Å². The Morgan fingerprint density at radius 3 is 2.55 bits per heavy atom. The van der Waals surface area contributed by atoms with E-state index in [9.17, 15) is 5.26 Å². The van der Waals surface area contributed by atoms with E-state index in [0.717, 1.165) is 40.7 Å². The second-order valence-electron chi connectivity index (χ2n) is 7.77. The summed E-state index contributed by atoms with van der Waals surface area (Å²) in [6.07, 6.45) is 12.5. The molecule has 2 aromatic rings. The zero-order valence-electron chi connectivity index (χ0n) is 17.5. The topological polar surface area (TPSA) is 62.7 Å². The molecule has 0 unspecified atom stereocenters. The Bertz CT molecular complexity index is 1020. The Labute approximate surface area is 178 Å². The summed E-state index contributed by atoms with van der Waals surface area (Å²) in [7, 11) is 0. The first kappa shape index (κ1) is 21.1. The molecule has 3 nitrogen and oxygen atoms in total. The Kier molecular flexibility index (Phi) is 6.77. The van der Waals surface area contributed by atoms with Crippen LogP contribution in [0.2, 0.25) is 5.02 Å². The molecule has 150 valence electrons. The Hall–Kier alpha value is -2.57. The number of hydrogen-bond acceptors (Lipinski definition) is 3. The lowest BCUT2D eigenvalue weighted by molar-refractivity contribution is 0.886. The van der Waals surface area contributed by atoms with Gasteiger partial charge in [-0.15, -0.1) is 0 Å². The first-order valence-corrected chi connectivity index (χ1v) is 10.6. The quantitative estimate of drug-likeness (QED) is 0.549. The molecule has 2 N–H and O–H groups in total. The van der Waals surface area contributed by atoms with Crippen LogP contribution in [0.5, 0.6) is 0 Å². The van der Waals surface area contributed by atoms with Gasteiger partial charge in [0.05, 0.1) is 28.5 Å². The van der Waals surface area contributed by atoms with Gasteiger partial charge in [-0.1, -0.05) is 41.8 Å². The second kappa shape index (κ2) is 9.29. The number of allylic oxidation sites excluding steroid dienone is 3. The van der Waals surface area contributed by atoms with E-state index in [1.54, 1.807) is 18.0 Å². The van der Waals surface area contributed by atoms with E-state index >= 15 is 0 Å². The number of nitriles is 1. The highest BCUT2D eigenvalue weighted by molar-refractivity contribution is 6.35. The predicted molar refractivity (Wildman–Crippen MR) is 122 cm³/mol. The van der Waals surface area contributed by atoms with Gasteiger partial charge in [-0.25, -0.2) is 0 Å². The van der Waals surface area contributed by atoms with Gasteiger partial charge in [0.1, 0.15) is 0 Å². The molecule has 0 radical (unpaired) electrons. The van der Waals surface area contributed by atoms with E-state index in [1.807, 2.05) is 13.0 Å². The van der Waals surface area contributed by atoms with E-state index < -0.39 is 0 Å². The monoisotopic (exact) mass is 405 g/mol. The third-order valence-corrected chi connectivity index (χ3v) is 6.29. The molecule has 1 aliphatic rings. The highest BCUT2D eigenvalue weighted by atomic mass is 35.5. The maximum absolute atomic E-state index is 9.55. The Morgan fingerprint density at radius 1 is 1.17 bits per heavy atom.